The molecular weight excluding hydrogens is 240 g/mol. The van der Waals surface area contributed by atoms with Crippen LogP contribution >= 0.6 is 0 Å². The Morgan fingerprint density at radius 3 is 2.84 bits per heavy atom. The first kappa shape index (κ1) is 12.9. The standard InChI is InChI=1S/C16H22O3/c1-12(17)14-5-2-3-6-15(14)19-13-7-10-18-16(11-13)8-4-9-16/h2-3,5-6,12-13,17H,4,7-11H2,1H3/t12-,13?/m1/s1. The minimum absolute atomic E-state index is 0.0999. The molecular formula is C16H22O3. The molecule has 3 heteroatoms. The third-order valence-corrected chi connectivity index (χ3v) is 4.38. The van der Waals surface area contributed by atoms with Crippen molar-refractivity contribution in [3.8, 4) is 5.75 Å². The van der Waals surface area contributed by atoms with Crippen LogP contribution in [0, 0.1) is 0 Å². The molecule has 2 aliphatic rings. The Balaban J connectivity index is 1.71. The Morgan fingerprint density at radius 1 is 1.37 bits per heavy atom. The first-order chi connectivity index (χ1) is 9.19. The van der Waals surface area contributed by atoms with Gasteiger partial charge in [0.2, 0.25) is 0 Å². The molecule has 3 nitrogen and oxygen atoms in total. The lowest BCUT2D eigenvalue weighted by molar-refractivity contribution is -0.153. The molecule has 2 fully saturated rings. The number of aliphatic hydroxyl groups is 1. The summed E-state index contributed by atoms with van der Waals surface area (Å²) in [5.74, 6) is 0.818. The fourth-order valence-electron chi connectivity index (χ4n) is 3.12. The average Bonchev–Trinajstić information content (AvgIpc) is 2.37. The van der Waals surface area contributed by atoms with E-state index < -0.39 is 6.10 Å². The van der Waals surface area contributed by atoms with E-state index in [0.717, 1.165) is 30.8 Å². The lowest BCUT2D eigenvalue weighted by atomic mass is 9.74. The molecule has 1 heterocycles. The quantitative estimate of drug-likeness (QED) is 0.909. The van der Waals surface area contributed by atoms with Crippen LogP contribution in [-0.2, 0) is 4.74 Å². The highest BCUT2D eigenvalue weighted by atomic mass is 16.5. The molecule has 1 aromatic rings. The molecule has 1 unspecified atom stereocenters. The molecule has 1 saturated heterocycles. The number of ether oxygens (including phenoxy) is 2. The summed E-state index contributed by atoms with van der Waals surface area (Å²) in [4.78, 5) is 0. The average molecular weight is 262 g/mol. The number of rotatable bonds is 3. The van der Waals surface area contributed by atoms with Crippen LogP contribution < -0.4 is 4.74 Å². The second-order valence-electron chi connectivity index (χ2n) is 5.83. The first-order valence-electron chi connectivity index (χ1n) is 7.26. The fourth-order valence-corrected chi connectivity index (χ4v) is 3.12. The third kappa shape index (κ3) is 2.63. The predicted octanol–water partition coefficient (Wildman–Crippen LogP) is 3.22. The summed E-state index contributed by atoms with van der Waals surface area (Å²) in [6, 6.07) is 7.77. The van der Waals surface area contributed by atoms with E-state index in [4.69, 9.17) is 9.47 Å². The normalized spacial score (nSPS) is 26.7. The van der Waals surface area contributed by atoms with Crippen molar-refractivity contribution in [1.82, 2.24) is 0 Å². The molecule has 0 amide bonds. The van der Waals surface area contributed by atoms with Crippen LogP contribution in [0.4, 0.5) is 0 Å². The zero-order valence-corrected chi connectivity index (χ0v) is 11.5. The Hall–Kier alpha value is -1.06. The molecule has 0 radical (unpaired) electrons. The van der Waals surface area contributed by atoms with Crippen LogP contribution in [0.3, 0.4) is 0 Å². The van der Waals surface area contributed by atoms with Crippen molar-refractivity contribution in [2.24, 2.45) is 0 Å². The minimum atomic E-state index is -0.492. The van der Waals surface area contributed by atoms with Gasteiger partial charge in [-0.15, -0.1) is 0 Å². The van der Waals surface area contributed by atoms with E-state index in [1.165, 1.54) is 19.3 Å². The summed E-state index contributed by atoms with van der Waals surface area (Å²) in [6.07, 6.45) is 5.27. The largest absolute Gasteiger partial charge is 0.490 e. The van der Waals surface area contributed by atoms with E-state index in [0.29, 0.717) is 0 Å². The smallest absolute Gasteiger partial charge is 0.125 e. The topological polar surface area (TPSA) is 38.7 Å². The molecule has 19 heavy (non-hydrogen) atoms. The number of benzene rings is 1. The Morgan fingerprint density at radius 2 is 2.16 bits per heavy atom. The van der Waals surface area contributed by atoms with E-state index in [-0.39, 0.29) is 11.7 Å². The maximum Gasteiger partial charge on any atom is 0.125 e. The van der Waals surface area contributed by atoms with Crippen LogP contribution in [0.15, 0.2) is 24.3 Å². The van der Waals surface area contributed by atoms with Gasteiger partial charge in [0.05, 0.1) is 18.3 Å². The zero-order valence-electron chi connectivity index (χ0n) is 11.5. The Bertz CT molecular complexity index is 437. The number of para-hydroxylation sites is 1. The summed E-state index contributed by atoms with van der Waals surface area (Å²) >= 11 is 0. The highest BCUT2D eigenvalue weighted by Crippen LogP contribution is 2.43. The van der Waals surface area contributed by atoms with E-state index >= 15 is 0 Å². The molecule has 1 aliphatic heterocycles. The number of aliphatic hydroxyl groups excluding tert-OH is 1. The van der Waals surface area contributed by atoms with Crippen molar-refractivity contribution >= 4 is 0 Å². The van der Waals surface area contributed by atoms with Crippen molar-refractivity contribution in [2.45, 2.75) is 56.8 Å². The van der Waals surface area contributed by atoms with Gasteiger partial charge in [0.15, 0.2) is 0 Å². The van der Waals surface area contributed by atoms with Crippen molar-refractivity contribution < 1.29 is 14.6 Å². The summed E-state index contributed by atoms with van der Waals surface area (Å²) in [5, 5.41) is 9.79. The minimum Gasteiger partial charge on any atom is -0.490 e. The van der Waals surface area contributed by atoms with Gasteiger partial charge < -0.3 is 14.6 Å². The van der Waals surface area contributed by atoms with Gasteiger partial charge in [-0.1, -0.05) is 18.2 Å². The van der Waals surface area contributed by atoms with E-state index in [1.807, 2.05) is 24.3 Å². The van der Waals surface area contributed by atoms with Crippen LogP contribution in [0.1, 0.15) is 50.7 Å². The molecule has 1 aromatic carbocycles. The van der Waals surface area contributed by atoms with Crippen molar-refractivity contribution in [3.05, 3.63) is 29.8 Å². The van der Waals surface area contributed by atoms with E-state index in [1.54, 1.807) is 6.92 Å². The fraction of sp³-hybridized carbons (Fsp3) is 0.625. The van der Waals surface area contributed by atoms with Gasteiger partial charge in [-0.25, -0.2) is 0 Å². The molecule has 1 N–H and O–H groups in total. The molecule has 0 aromatic heterocycles. The van der Waals surface area contributed by atoms with Crippen LogP contribution in [0.5, 0.6) is 5.75 Å². The lowest BCUT2D eigenvalue weighted by Crippen LogP contribution is -2.48. The Labute approximate surface area is 114 Å². The summed E-state index contributed by atoms with van der Waals surface area (Å²) in [7, 11) is 0. The van der Waals surface area contributed by atoms with Gasteiger partial charge in [-0.05, 0) is 32.3 Å². The summed E-state index contributed by atoms with van der Waals surface area (Å²) in [6.45, 7) is 2.57. The molecule has 1 spiro atoms. The van der Waals surface area contributed by atoms with E-state index in [9.17, 15) is 5.11 Å². The molecule has 2 atom stereocenters. The second kappa shape index (κ2) is 5.14. The lowest BCUT2D eigenvalue weighted by Gasteiger charge is -2.47. The highest BCUT2D eigenvalue weighted by Gasteiger charge is 2.43. The van der Waals surface area contributed by atoms with Crippen LogP contribution in [0.25, 0.3) is 0 Å². The predicted molar refractivity (Wildman–Crippen MR) is 73.3 cm³/mol. The maximum atomic E-state index is 9.79. The SMILES string of the molecule is C[C@@H](O)c1ccccc1OC1CCOC2(CCC2)C1. The first-order valence-corrected chi connectivity index (χ1v) is 7.26. The molecule has 3 rings (SSSR count). The van der Waals surface area contributed by atoms with Gasteiger partial charge in [-0.3, -0.25) is 0 Å². The third-order valence-electron chi connectivity index (χ3n) is 4.38. The van der Waals surface area contributed by atoms with E-state index in [2.05, 4.69) is 0 Å². The monoisotopic (exact) mass is 262 g/mol. The van der Waals surface area contributed by atoms with Crippen LogP contribution in [0.2, 0.25) is 0 Å². The zero-order chi connectivity index (χ0) is 13.3. The molecule has 1 saturated carbocycles. The van der Waals surface area contributed by atoms with Gasteiger partial charge in [0.25, 0.3) is 0 Å². The Kier molecular flexibility index (Phi) is 3.50. The molecule has 104 valence electrons. The van der Waals surface area contributed by atoms with Gasteiger partial charge in [0.1, 0.15) is 11.9 Å². The second-order valence-corrected chi connectivity index (χ2v) is 5.83. The van der Waals surface area contributed by atoms with Crippen molar-refractivity contribution in [2.75, 3.05) is 6.61 Å². The maximum absolute atomic E-state index is 9.79. The highest BCUT2D eigenvalue weighted by molar-refractivity contribution is 5.35. The number of hydrogen-bond donors (Lipinski definition) is 1. The summed E-state index contributed by atoms with van der Waals surface area (Å²) < 4.78 is 12.1. The summed E-state index contributed by atoms with van der Waals surface area (Å²) in [5.41, 5.74) is 0.972. The van der Waals surface area contributed by atoms with Gasteiger partial charge in [0, 0.05) is 18.4 Å². The van der Waals surface area contributed by atoms with Gasteiger partial charge in [-0.2, -0.15) is 0 Å². The molecule has 1 aliphatic carbocycles. The van der Waals surface area contributed by atoms with Gasteiger partial charge >= 0.3 is 0 Å². The van der Waals surface area contributed by atoms with Crippen LogP contribution in [-0.4, -0.2) is 23.4 Å². The number of hydrogen-bond acceptors (Lipinski definition) is 3. The van der Waals surface area contributed by atoms with Crippen molar-refractivity contribution in [3.63, 3.8) is 0 Å². The molecule has 0 bridgehead atoms. The van der Waals surface area contributed by atoms with Crippen molar-refractivity contribution in [1.29, 1.82) is 0 Å².